The Morgan fingerprint density at radius 1 is 1.26 bits per heavy atom. The van der Waals surface area contributed by atoms with Crippen molar-refractivity contribution in [3.05, 3.63) is 69.8 Å². The quantitative estimate of drug-likeness (QED) is 0.659. The lowest BCUT2D eigenvalue weighted by molar-refractivity contribution is -0.121. The highest BCUT2D eigenvalue weighted by Crippen LogP contribution is 2.26. The monoisotopic (exact) mass is 389 g/mol. The molecule has 1 N–H and O–H groups in total. The molecule has 5 nitrogen and oxygen atoms in total. The van der Waals surface area contributed by atoms with Crippen molar-refractivity contribution in [1.29, 1.82) is 0 Å². The fourth-order valence-electron chi connectivity index (χ4n) is 2.39. The normalized spacial score (nSPS) is 10.6. The van der Waals surface area contributed by atoms with E-state index >= 15 is 0 Å². The molecule has 1 aromatic carbocycles. The molecule has 2 heterocycles. The number of ether oxygens (including phenoxy) is 1. The second-order valence-electron chi connectivity index (χ2n) is 5.78. The summed E-state index contributed by atoms with van der Waals surface area (Å²) in [4.78, 5) is 21.4. The van der Waals surface area contributed by atoms with Crippen LogP contribution in [-0.4, -0.2) is 15.9 Å². The summed E-state index contributed by atoms with van der Waals surface area (Å²) in [6.07, 6.45) is 2.46. The maximum absolute atomic E-state index is 13.8. The van der Waals surface area contributed by atoms with Gasteiger partial charge >= 0.3 is 0 Å². The van der Waals surface area contributed by atoms with Crippen LogP contribution in [0.4, 0.5) is 8.78 Å². The van der Waals surface area contributed by atoms with Gasteiger partial charge in [-0.05, 0) is 31.5 Å². The van der Waals surface area contributed by atoms with Crippen LogP contribution in [0.25, 0.3) is 0 Å². The molecule has 0 aliphatic heterocycles. The second-order valence-corrected chi connectivity index (χ2v) is 6.72. The highest BCUT2D eigenvalue weighted by atomic mass is 32.1. The van der Waals surface area contributed by atoms with Crippen molar-refractivity contribution in [2.75, 3.05) is 0 Å². The van der Waals surface area contributed by atoms with Gasteiger partial charge in [0.1, 0.15) is 5.82 Å². The number of aryl methyl sites for hydroxylation is 2. The van der Waals surface area contributed by atoms with Crippen LogP contribution in [-0.2, 0) is 17.8 Å². The molecule has 0 unspecified atom stereocenters. The number of nitrogens with one attached hydrogen (secondary N) is 1. The van der Waals surface area contributed by atoms with E-state index in [0.29, 0.717) is 18.4 Å². The number of thiazole rings is 1. The summed E-state index contributed by atoms with van der Waals surface area (Å²) in [6.45, 7) is 2.10. The summed E-state index contributed by atoms with van der Waals surface area (Å²) in [5.41, 5.74) is 3.29. The van der Waals surface area contributed by atoms with Crippen molar-refractivity contribution < 1.29 is 18.3 Å². The smallest absolute Gasteiger partial charge is 0.224 e. The highest BCUT2D eigenvalue weighted by Gasteiger charge is 2.12. The first-order valence-corrected chi connectivity index (χ1v) is 9.13. The number of aromatic nitrogens is 2. The number of amides is 1. The van der Waals surface area contributed by atoms with Gasteiger partial charge in [0.15, 0.2) is 11.6 Å². The number of pyridine rings is 1. The molecule has 2 aromatic heterocycles. The zero-order chi connectivity index (χ0) is 19.2. The molecule has 0 aliphatic rings. The van der Waals surface area contributed by atoms with Gasteiger partial charge in [-0.25, -0.2) is 18.7 Å². The van der Waals surface area contributed by atoms with Crippen molar-refractivity contribution in [2.45, 2.75) is 26.3 Å². The van der Waals surface area contributed by atoms with Gasteiger partial charge in [-0.3, -0.25) is 4.79 Å². The number of rotatable bonds is 7. The Morgan fingerprint density at radius 2 is 2.11 bits per heavy atom. The number of hydrogen-bond acceptors (Lipinski definition) is 5. The minimum Gasteiger partial charge on any atom is -0.436 e. The Bertz CT molecular complexity index is 946. The molecule has 140 valence electrons. The van der Waals surface area contributed by atoms with Gasteiger partial charge in [0.2, 0.25) is 11.8 Å². The number of nitrogens with zero attached hydrogens (tertiary/aromatic N) is 2. The summed E-state index contributed by atoms with van der Waals surface area (Å²) in [6, 6.07) is 6.44. The zero-order valence-electron chi connectivity index (χ0n) is 14.5. The Hall–Kier alpha value is -2.87. The summed E-state index contributed by atoms with van der Waals surface area (Å²) in [7, 11) is 0. The topological polar surface area (TPSA) is 64.1 Å². The molecule has 0 radical (unpaired) electrons. The van der Waals surface area contributed by atoms with Crippen LogP contribution in [0.1, 0.15) is 22.6 Å². The van der Waals surface area contributed by atoms with Crippen molar-refractivity contribution in [1.82, 2.24) is 15.3 Å². The van der Waals surface area contributed by atoms with Crippen molar-refractivity contribution in [3.63, 3.8) is 0 Å². The predicted molar refractivity (Wildman–Crippen MR) is 97.7 cm³/mol. The van der Waals surface area contributed by atoms with Crippen LogP contribution >= 0.6 is 11.3 Å². The van der Waals surface area contributed by atoms with E-state index in [1.807, 2.05) is 6.92 Å². The first-order valence-electron chi connectivity index (χ1n) is 8.25. The lowest BCUT2D eigenvalue weighted by Crippen LogP contribution is -2.23. The molecule has 1 amide bonds. The van der Waals surface area contributed by atoms with E-state index in [0.717, 1.165) is 22.7 Å². The molecule has 0 saturated carbocycles. The fraction of sp³-hybridized carbons (Fsp3) is 0.211. The molecule has 0 fully saturated rings. The van der Waals surface area contributed by atoms with Crippen molar-refractivity contribution >= 4 is 17.2 Å². The summed E-state index contributed by atoms with van der Waals surface area (Å²) in [5.74, 6) is -1.62. The maximum Gasteiger partial charge on any atom is 0.224 e. The minimum absolute atomic E-state index is 0.120. The molecule has 0 bridgehead atoms. The van der Waals surface area contributed by atoms with Crippen LogP contribution in [0.5, 0.6) is 11.6 Å². The summed E-state index contributed by atoms with van der Waals surface area (Å²) >= 11 is 1.53. The first kappa shape index (κ1) is 18.9. The van der Waals surface area contributed by atoms with Gasteiger partial charge in [0.05, 0.1) is 11.2 Å². The predicted octanol–water partition coefficient (Wildman–Crippen LogP) is 4.17. The average molecular weight is 389 g/mol. The Balaban J connectivity index is 1.60. The lowest BCUT2D eigenvalue weighted by Gasteiger charge is -2.11. The summed E-state index contributed by atoms with van der Waals surface area (Å²) in [5, 5.41) is 2.80. The lowest BCUT2D eigenvalue weighted by atomic mass is 10.2. The van der Waals surface area contributed by atoms with Gasteiger partial charge in [0.25, 0.3) is 0 Å². The van der Waals surface area contributed by atoms with Crippen LogP contribution in [0.2, 0.25) is 0 Å². The summed E-state index contributed by atoms with van der Waals surface area (Å²) < 4.78 is 32.2. The Morgan fingerprint density at radius 3 is 2.85 bits per heavy atom. The molecular formula is C19H17F2N3O2S. The van der Waals surface area contributed by atoms with Crippen molar-refractivity contribution in [3.8, 4) is 11.6 Å². The largest absolute Gasteiger partial charge is 0.436 e. The second kappa shape index (κ2) is 8.68. The van der Waals surface area contributed by atoms with Crippen LogP contribution in [0.3, 0.4) is 0 Å². The van der Waals surface area contributed by atoms with Gasteiger partial charge in [-0.2, -0.15) is 0 Å². The zero-order valence-corrected chi connectivity index (χ0v) is 15.4. The molecule has 3 aromatic rings. The highest BCUT2D eigenvalue weighted by molar-refractivity contribution is 7.09. The standard InChI is InChI=1S/C19H17F2N3O2S/c1-12-17(27-11-24-12)6-7-18(25)23-10-13-3-2-8-22-19(13)26-16-5-4-14(20)9-15(16)21/h2-5,8-9,11H,6-7,10H2,1H3,(H,23,25). The number of carbonyl (C=O) groups excluding carboxylic acids is 1. The fourth-order valence-corrected chi connectivity index (χ4v) is 3.17. The molecule has 0 spiro atoms. The number of halogens is 2. The van der Waals surface area contributed by atoms with E-state index in [1.54, 1.807) is 17.6 Å². The molecular weight excluding hydrogens is 372 g/mol. The van der Waals surface area contributed by atoms with E-state index in [1.165, 1.54) is 23.6 Å². The third-order valence-corrected chi connectivity index (χ3v) is 4.85. The Labute approximate surface area is 159 Å². The van der Waals surface area contributed by atoms with E-state index in [4.69, 9.17) is 4.74 Å². The number of hydrogen-bond donors (Lipinski definition) is 1. The van der Waals surface area contributed by atoms with Crippen molar-refractivity contribution in [2.24, 2.45) is 0 Å². The third-order valence-electron chi connectivity index (χ3n) is 3.85. The van der Waals surface area contributed by atoms with Gasteiger partial charge in [-0.15, -0.1) is 11.3 Å². The SMILES string of the molecule is Cc1ncsc1CCC(=O)NCc1cccnc1Oc1ccc(F)cc1F. The van der Waals surface area contributed by atoms with E-state index < -0.39 is 11.6 Å². The van der Waals surface area contributed by atoms with Gasteiger partial charge in [0, 0.05) is 35.7 Å². The number of benzene rings is 1. The molecule has 3 rings (SSSR count). The number of carbonyl (C=O) groups is 1. The molecule has 0 saturated heterocycles. The minimum atomic E-state index is -0.824. The maximum atomic E-state index is 13.8. The van der Waals surface area contributed by atoms with E-state index in [9.17, 15) is 13.6 Å². The van der Waals surface area contributed by atoms with E-state index in [2.05, 4.69) is 15.3 Å². The van der Waals surface area contributed by atoms with Crippen LogP contribution in [0, 0.1) is 18.6 Å². The molecule has 27 heavy (non-hydrogen) atoms. The van der Waals surface area contributed by atoms with Gasteiger partial charge < -0.3 is 10.1 Å². The van der Waals surface area contributed by atoms with E-state index in [-0.39, 0.29) is 24.1 Å². The molecule has 0 aliphatic carbocycles. The molecule has 0 atom stereocenters. The van der Waals surface area contributed by atoms with Crippen LogP contribution in [0.15, 0.2) is 42.0 Å². The third kappa shape index (κ3) is 5.07. The Kier molecular flexibility index (Phi) is 6.08. The molecule has 8 heteroatoms. The first-order chi connectivity index (χ1) is 13.0. The average Bonchev–Trinajstić information content (AvgIpc) is 3.06. The van der Waals surface area contributed by atoms with Gasteiger partial charge in [-0.1, -0.05) is 6.07 Å². The van der Waals surface area contributed by atoms with Crippen LogP contribution < -0.4 is 10.1 Å².